The zero-order valence-electron chi connectivity index (χ0n) is 11.6. The van der Waals surface area contributed by atoms with Crippen molar-refractivity contribution in [2.24, 2.45) is 0 Å². The summed E-state index contributed by atoms with van der Waals surface area (Å²) in [5, 5.41) is 10.8. The molecule has 0 amide bonds. The summed E-state index contributed by atoms with van der Waals surface area (Å²) in [6.07, 6.45) is 1.49. The Morgan fingerprint density at radius 2 is 1.95 bits per heavy atom. The Hall–Kier alpha value is -1.51. The molecule has 0 aromatic heterocycles. The third-order valence-electron chi connectivity index (χ3n) is 3.08. The lowest BCUT2D eigenvalue weighted by Gasteiger charge is -2.14. The zero-order chi connectivity index (χ0) is 14.4. The Morgan fingerprint density at radius 3 is 2.70 bits per heavy atom. The number of rotatable bonds is 6. The number of hydrogen-bond acceptors (Lipinski definition) is 2. The van der Waals surface area contributed by atoms with Crippen molar-refractivity contribution >= 4 is 11.6 Å². The molecule has 1 unspecified atom stereocenters. The van der Waals surface area contributed by atoms with Crippen molar-refractivity contribution in [3.05, 3.63) is 64.7 Å². The molecule has 0 saturated heterocycles. The van der Waals surface area contributed by atoms with Crippen LogP contribution in [0.5, 0.6) is 5.75 Å². The Kier molecular flexibility index (Phi) is 5.45. The lowest BCUT2D eigenvalue weighted by Crippen LogP contribution is -2.10. The molecule has 0 aliphatic rings. The summed E-state index contributed by atoms with van der Waals surface area (Å²) in [5.41, 5.74) is 2.13. The monoisotopic (exact) mass is 290 g/mol. The van der Waals surface area contributed by atoms with E-state index in [1.54, 1.807) is 12.1 Å². The van der Waals surface area contributed by atoms with Crippen molar-refractivity contribution in [2.45, 2.75) is 25.9 Å². The van der Waals surface area contributed by atoms with Gasteiger partial charge >= 0.3 is 0 Å². The summed E-state index contributed by atoms with van der Waals surface area (Å²) in [4.78, 5) is 0. The van der Waals surface area contributed by atoms with E-state index in [2.05, 4.69) is 13.0 Å². The molecule has 1 N–H and O–H groups in total. The van der Waals surface area contributed by atoms with Gasteiger partial charge in [0.05, 0.1) is 0 Å². The van der Waals surface area contributed by atoms with E-state index in [1.165, 1.54) is 5.56 Å². The molecule has 0 spiro atoms. The van der Waals surface area contributed by atoms with Crippen LogP contribution in [0.15, 0.2) is 48.5 Å². The van der Waals surface area contributed by atoms with Crippen molar-refractivity contribution in [1.29, 1.82) is 0 Å². The fraction of sp³-hybridized carbons (Fsp3) is 0.294. The standard InChI is InChI=1S/C17H19ClO2/c1-2-5-13-6-3-7-14(10-13)17(19)12-20-16-9-4-8-15(18)11-16/h3-4,6-11,17,19H,2,5,12H2,1H3. The molecule has 2 rings (SSSR count). The average Bonchev–Trinajstić information content (AvgIpc) is 2.45. The van der Waals surface area contributed by atoms with E-state index in [-0.39, 0.29) is 6.61 Å². The molecular formula is C17H19ClO2. The smallest absolute Gasteiger partial charge is 0.120 e. The number of aliphatic hydroxyl groups is 1. The van der Waals surface area contributed by atoms with Gasteiger partial charge in [0.25, 0.3) is 0 Å². The Labute approximate surface area is 125 Å². The molecule has 3 heteroatoms. The van der Waals surface area contributed by atoms with Gasteiger partial charge in [-0.25, -0.2) is 0 Å². The maximum absolute atomic E-state index is 10.2. The Bertz CT molecular complexity index is 554. The first kappa shape index (κ1) is 14.9. The van der Waals surface area contributed by atoms with Gasteiger partial charge in [-0.2, -0.15) is 0 Å². The number of benzene rings is 2. The molecule has 2 aromatic rings. The molecule has 106 valence electrons. The predicted molar refractivity (Wildman–Crippen MR) is 82.3 cm³/mol. The van der Waals surface area contributed by atoms with Gasteiger partial charge in [-0.15, -0.1) is 0 Å². The zero-order valence-corrected chi connectivity index (χ0v) is 12.3. The topological polar surface area (TPSA) is 29.5 Å². The minimum absolute atomic E-state index is 0.218. The summed E-state index contributed by atoms with van der Waals surface area (Å²) >= 11 is 5.89. The second-order valence-electron chi connectivity index (χ2n) is 4.78. The van der Waals surface area contributed by atoms with Crippen molar-refractivity contribution < 1.29 is 9.84 Å². The summed E-state index contributed by atoms with van der Waals surface area (Å²) in [6.45, 7) is 2.36. The second kappa shape index (κ2) is 7.32. The van der Waals surface area contributed by atoms with Crippen molar-refractivity contribution in [2.75, 3.05) is 6.61 Å². The third-order valence-corrected chi connectivity index (χ3v) is 3.31. The maximum atomic E-state index is 10.2. The van der Waals surface area contributed by atoms with Crippen LogP contribution in [-0.4, -0.2) is 11.7 Å². The first-order valence-electron chi connectivity index (χ1n) is 6.84. The Balaban J connectivity index is 1.97. The minimum Gasteiger partial charge on any atom is -0.490 e. The fourth-order valence-corrected chi connectivity index (χ4v) is 2.25. The van der Waals surface area contributed by atoms with Crippen LogP contribution in [0.1, 0.15) is 30.6 Å². The maximum Gasteiger partial charge on any atom is 0.120 e. The molecule has 1 atom stereocenters. The molecule has 2 nitrogen and oxygen atoms in total. The van der Waals surface area contributed by atoms with Gasteiger partial charge in [0.15, 0.2) is 0 Å². The summed E-state index contributed by atoms with van der Waals surface area (Å²) in [6, 6.07) is 15.2. The van der Waals surface area contributed by atoms with E-state index in [0.29, 0.717) is 10.8 Å². The highest BCUT2D eigenvalue weighted by atomic mass is 35.5. The van der Waals surface area contributed by atoms with E-state index in [0.717, 1.165) is 18.4 Å². The summed E-state index contributed by atoms with van der Waals surface area (Å²) < 4.78 is 5.57. The molecular weight excluding hydrogens is 272 g/mol. The molecule has 0 aliphatic carbocycles. The highest BCUT2D eigenvalue weighted by Crippen LogP contribution is 2.20. The van der Waals surface area contributed by atoms with Crippen molar-refractivity contribution in [3.63, 3.8) is 0 Å². The van der Waals surface area contributed by atoms with E-state index < -0.39 is 6.10 Å². The molecule has 0 radical (unpaired) electrons. The minimum atomic E-state index is -0.634. The van der Waals surface area contributed by atoms with Crippen LogP contribution in [0.25, 0.3) is 0 Å². The van der Waals surface area contributed by atoms with E-state index in [1.807, 2.05) is 30.3 Å². The fourth-order valence-electron chi connectivity index (χ4n) is 2.07. The van der Waals surface area contributed by atoms with E-state index in [4.69, 9.17) is 16.3 Å². The predicted octanol–water partition coefficient (Wildman–Crippen LogP) is 4.40. The SMILES string of the molecule is CCCc1cccc(C(O)COc2cccc(Cl)c2)c1. The van der Waals surface area contributed by atoms with Crippen LogP contribution in [0, 0.1) is 0 Å². The molecule has 2 aromatic carbocycles. The van der Waals surface area contributed by atoms with Crippen LogP contribution in [0.2, 0.25) is 5.02 Å². The lowest BCUT2D eigenvalue weighted by atomic mass is 10.0. The first-order valence-corrected chi connectivity index (χ1v) is 7.22. The van der Waals surface area contributed by atoms with Gasteiger partial charge in [-0.05, 0) is 35.7 Å². The van der Waals surface area contributed by atoms with Gasteiger partial charge in [-0.1, -0.05) is 55.3 Å². The van der Waals surface area contributed by atoms with E-state index in [9.17, 15) is 5.11 Å². The van der Waals surface area contributed by atoms with Gasteiger partial charge in [0, 0.05) is 5.02 Å². The van der Waals surface area contributed by atoms with Crippen LogP contribution in [0.4, 0.5) is 0 Å². The summed E-state index contributed by atoms with van der Waals surface area (Å²) in [5.74, 6) is 0.668. The summed E-state index contributed by atoms with van der Waals surface area (Å²) in [7, 11) is 0. The Morgan fingerprint density at radius 1 is 1.15 bits per heavy atom. The van der Waals surface area contributed by atoms with Crippen LogP contribution in [-0.2, 0) is 6.42 Å². The highest BCUT2D eigenvalue weighted by Gasteiger charge is 2.09. The highest BCUT2D eigenvalue weighted by molar-refractivity contribution is 6.30. The van der Waals surface area contributed by atoms with Gasteiger partial charge in [-0.3, -0.25) is 0 Å². The van der Waals surface area contributed by atoms with Crippen molar-refractivity contribution in [1.82, 2.24) is 0 Å². The molecule has 0 fully saturated rings. The number of aryl methyl sites for hydroxylation is 1. The van der Waals surface area contributed by atoms with Gasteiger partial charge in [0.1, 0.15) is 18.5 Å². The molecule has 20 heavy (non-hydrogen) atoms. The molecule has 0 bridgehead atoms. The quantitative estimate of drug-likeness (QED) is 0.854. The number of ether oxygens (including phenoxy) is 1. The van der Waals surface area contributed by atoms with Crippen molar-refractivity contribution in [3.8, 4) is 5.75 Å². The number of aliphatic hydroxyl groups excluding tert-OH is 1. The van der Waals surface area contributed by atoms with Crippen LogP contribution in [0.3, 0.4) is 0 Å². The van der Waals surface area contributed by atoms with Gasteiger partial charge in [0.2, 0.25) is 0 Å². The van der Waals surface area contributed by atoms with Gasteiger partial charge < -0.3 is 9.84 Å². The number of halogens is 1. The van der Waals surface area contributed by atoms with Crippen LogP contribution < -0.4 is 4.74 Å². The molecule has 0 heterocycles. The van der Waals surface area contributed by atoms with Crippen LogP contribution >= 0.6 is 11.6 Å². The molecule has 0 aliphatic heterocycles. The largest absolute Gasteiger partial charge is 0.490 e. The lowest BCUT2D eigenvalue weighted by molar-refractivity contribution is 0.108. The normalized spacial score (nSPS) is 12.2. The van der Waals surface area contributed by atoms with E-state index >= 15 is 0 Å². The second-order valence-corrected chi connectivity index (χ2v) is 5.22. The third kappa shape index (κ3) is 4.26. The average molecular weight is 291 g/mol. The number of hydrogen-bond donors (Lipinski definition) is 1. The first-order chi connectivity index (χ1) is 9.69. The molecule has 0 saturated carbocycles.